The number of esters is 1. The molecule has 1 fully saturated rings. The number of halogens is 7. The first-order valence-electron chi connectivity index (χ1n) is 22.2. The number of nitrogens with zero attached hydrogens (tertiary/aromatic N) is 5. The molecule has 3 aromatic heterocycles. The molecule has 0 bridgehead atoms. The molecule has 19 heteroatoms. The minimum absolute atomic E-state index is 0.200. The lowest BCUT2D eigenvalue weighted by Crippen LogP contribution is -2.32. The Kier molecular flexibility index (Phi) is 15.0. The number of alkyl halides is 6. The van der Waals surface area contributed by atoms with Gasteiger partial charge in [-0.25, -0.2) is 19.7 Å². The second-order valence-corrected chi connectivity index (χ2v) is 16.7. The number of fused-ring (bicyclic) bond motifs is 2. The molecule has 366 valence electrons. The van der Waals surface area contributed by atoms with Crippen molar-refractivity contribution >= 4 is 57.2 Å². The molecule has 1 aliphatic rings. The van der Waals surface area contributed by atoms with E-state index in [-0.39, 0.29) is 17.6 Å². The van der Waals surface area contributed by atoms with Crippen LogP contribution in [0.1, 0.15) is 68.9 Å². The molecule has 0 unspecified atom stereocenters. The maximum absolute atomic E-state index is 13.0. The SMILES string of the molecule is CCc1nc2ccc(Cl)cn2c1C(=O)NCc1ccc(N2CCC(c3ccc(OC(F)(F)F)cc3)CC2)cc1.COC(=O)c1ccc2c(Nc3ccc(Oc4ccc(C(F)(F)F)cc4)cc3)ncnc2c1. The second-order valence-electron chi connectivity index (χ2n) is 16.3. The Labute approximate surface area is 408 Å². The van der Waals surface area contributed by atoms with Crippen molar-refractivity contribution in [3.05, 3.63) is 179 Å². The summed E-state index contributed by atoms with van der Waals surface area (Å²) < 4.78 is 91.2. The van der Waals surface area contributed by atoms with Crippen LogP contribution in [0.3, 0.4) is 0 Å². The van der Waals surface area contributed by atoms with Crippen LogP contribution in [0.2, 0.25) is 5.02 Å². The molecule has 71 heavy (non-hydrogen) atoms. The van der Waals surface area contributed by atoms with E-state index in [1.165, 1.54) is 37.7 Å². The number of amides is 1. The number of nitrogens with one attached hydrogen (secondary N) is 2. The van der Waals surface area contributed by atoms with Crippen LogP contribution in [-0.2, 0) is 23.9 Å². The van der Waals surface area contributed by atoms with Gasteiger partial charge in [-0.1, -0.05) is 42.8 Å². The van der Waals surface area contributed by atoms with Gasteiger partial charge in [-0.05, 0) is 139 Å². The first-order chi connectivity index (χ1) is 34.0. The van der Waals surface area contributed by atoms with E-state index in [4.69, 9.17) is 21.1 Å². The predicted molar refractivity (Wildman–Crippen MR) is 257 cm³/mol. The normalized spacial score (nSPS) is 13.1. The minimum atomic E-state index is -4.68. The van der Waals surface area contributed by atoms with Crippen molar-refractivity contribution in [1.82, 2.24) is 24.7 Å². The van der Waals surface area contributed by atoms with E-state index in [9.17, 15) is 35.9 Å². The lowest BCUT2D eigenvalue weighted by Gasteiger charge is -2.34. The maximum atomic E-state index is 13.0. The number of imidazole rings is 1. The summed E-state index contributed by atoms with van der Waals surface area (Å²) in [4.78, 5) is 40.1. The van der Waals surface area contributed by atoms with E-state index < -0.39 is 24.1 Å². The van der Waals surface area contributed by atoms with Crippen LogP contribution >= 0.6 is 11.6 Å². The Balaban J connectivity index is 0.000000194. The number of ether oxygens (including phenoxy) is 3. The van der Waals surface area contributed by atoms with Crippen molar-refractivity contribution in [2.24, 2.45) is 0 Å². The number of hydrogen-bond acceptors (Lipinski definition) is 10. The topological polar surface area (TPSA) is 132 Å². The third-order valence-electron chi connectivity index (χ3n) is 11.6. The Morgan fingerprint density at radius 1 is 0.789 bits per heavy atom. The Hall–Kier alpha value is -7.86. The fraction of sp³-hybridized carbons (Fsp3) is 0.212. The summed E-state index contributed by atoms with van der Waals surface area (Å²) in [5.41, 5.74) is 5.94. The number of hydrogen-bond donors (Lipinski definition) is 2. The minimum Gasteiger partial charge on any atom is -0.465 e. The second kappa shape index (κ2) is 21.4. The molecule has 0 atom stereocenters. The smallest absolute Gasteiger partial charge is 0.465 e. The van der Waals surface area contributed by atoms with Crippen molar-refractivity contribution in [1.29, 1.82) is 0 Å². The van der Waals surface area contributed by atoms with Gasteiger partial charge in [0, 0.05) is 42.6 Å². The number of aryl methyl sites for hydroxylation is 1. The number of aromatic nitrogens is 4. The zero-order valence-electron chi connectivity index (χ0n) is 38.0. The van der Waals surface area contributed by atoms with Crippen molar-refractivity contribution < 1.29 is 50.1 Å². The Bertz CT molecular complexity index is 3130. The molecule has 5 aromatic carbocycles. The predicted octanol–water partition coefficient (Wildman–Crippen LogP) is 12.7. The molecule has 0 saturated carbocycles. The lowest BCUT2D eigenvalue weighted by atomic mass is 9.89. The van der Waals surface area contributed by atoms with Crippen molar-refractivity contribution in [3.8, 4) is 17.2 Å². The number of rotatable bonds is 12. The number of carbonyl (C=O) groups is 2. The first kappa shape index (κ1) is 49.6. The van der Waals surface area contributed by atoms with Crippen LogP contribution in [0.25, 0.3) is 16.6 Å². The lowest BCUT2D eigenvalue weighted by molar-refractivity contribution is -0.274. The number of benzene rings is 5. The number of carbonyl (C=O) groups excluding carboxylic acids is 2. The average Bonchev–Trinajstić information content (AvgIpc) is 3.74. The summed E-state index contributed by atoms with van der Waals surface area (Å²) in [7, 11) is 1.31. The maximum Gasteiger partial charge on any atom is 0.573 e. The highest BCUT2D eigenvalue weighted by molar-refractivity contribution is 6.30. The van der Waals surface area contributed by atoms with E-state index in [1.807, 2.05) is 19.1 Å². The van der Waals surface area contributed by atoms with Gasteiger partial charge in [0.25, 0.3) is 5.91 Å². The molecule has 1 amide bonds. The highest BCUT2D eigenvalue weighted by atomic mass is 35.5. The van der Waals surface area contributed by atoms with Crippen LogP contribution < -0.4 is 25.0 Å². The van der Waals surface area contributed by atoms with E-state index >= 15 is 0 Å². The Morgan fingerprint density at radius 2 is 1.45 bits per heavy atom. The van der Waals surface area contributed by atoms with Gasteiger partial charge < -0.3 is 29.7 Å². The standard InChI is InChI=1S/C29H28ClF3N4O2.C23H16F3N3O3/c1-2-25-27(37-18-22(30)7-12-26(37)35-25)28(38)34-17-19-3-8-23(9-4-19)36-15-13-21(14-16-36)20-5-10-24(11-6-20)39-29(31,32)33;1-31-22(30)14-2-11-19-20(12-14)27-13-28-21(19)29-16-5-9-18(10-6-16)32-17-7-3-15(4-8-17)23(24,25)26/h3-12,18,21H,2,13-17H2,1H3,(H,34,38);2-13H,1H3,(H,27,28,29). The van der Waals surface area contributed by atoms with Gasteiger partial charge in [-0.15, -0.1) is 13.2 Å². The summed E-state index contributed by atoms with van der Waals surface area (Å²) in [6.45, 7) is 4.04. The van der Waals surface area contributed by atoms with Crippen molar-refractivity contribution in [2.45, 2.75) is 51.2 Å². The molecule has 9 rings (SSSR count). The summed E-state index contributed by atoms with van der Waals surface area (Å²) in [5.74, 6) is 0.733. The zero-order chi connectivity index (χ0) is 50.3. The molecule has 1 aliphatic heterocycles. The summed E-state index contributed by atoms with van der Waals surface area (Å²) in [5, 5.41) is 7.42. The fourth-order valence-electron chi connectivity index (χ4n) is 8.05. The first-order valence-corrected chi connectivity index (χ1v) is 22.6. The third-order valence-corrected chi connectivity index (χ3v) is 11.9. The highest BCUT2D eigenvalue weighted by Crippen LogP contribution is 2.34. The summed E-state index contributed by atoms with van der Waals surface area (Å²) in [6, 6.07) is 34.2. The molecule has 0 spiro atoms. The van der Waals surface area contributed by atoms with Crippen molar-refractivity contribution in [2.75, 3.05) is 30.4 Å². The molecular weight excluding hydrogens is 952 g/mol. The van der Waals surface area contributed by atoms with E-state index in [2.05, 4.69) is 47.4 Å². The Morgan fingerprint density at radius 3 is 2.08 bits per heavy atom. The fourth-order valence-corrected chi connectivity index (χ4v) is 8.21. The third kappa shape index (κ3) is 12.5. The van der Waals surface area contributed by atoms with E-state index in [0.29, 0.717) is 68.8 Å². The van der Waals surface area contributed by atoms with Gasteiger partial charge in [-0.2, -0.15) is 13.2 Å². The molecule has 8 aromatic rings. The zero-order valence-corrected chi connectivity index (χ0v) is 38.8. The molecule has 12 nitrogen and oxygen atoms in total. The quantitative estimate of drug-likeness (QED) is 0.0900. The largest absolute Gasteiger partial charge is 0.573 e. The van der Waals surface area contributed by atoms with Crippen LogP contribution in [0.4, 0.5) is 43.5 Å². The van der Waals surface area contributed by atoms with Gasteiger partial charge in [0.15, 0.2) is 0 Å². The summed E-state index contributed by atoms with van der Waals surface area (Å²) in [6.07, 6.45) is -3.55. The van der Waals surface area contributed by atoms with Gasteiger partial charge in [0.05, 0.1) is 34.5 Å². The average molecular weight is 996 g/mol. The van der Waals surface area contributed by atoms with E-state index in [1.54, 1.807) is 77.3 Å². The number of piperidine rings is 1. The van der Waals surface area contributed by atoms with Gasteiger partial charge in [0.2, 0.25) is 0 Å². The monoisotopic (exact) mass is 995 g/mol. The molecule has 0 aliphatic carbocycles. The van der Waals surface area contributed by atoms with Crippen LogP contribution in [0.5, 0.6) is 17.2 Å². The molecule has 2 N–H and O–H groups in total. The van der Waals surface area contributed by atoms with Crippen molar-refractivity contribution in [3.63, 3.8) is 0 Å². The molecular formula is C52H44ClF6N7O5. The molecule has 4 heterocycles. The molecule has 0 radical (unpaired) electrons. The number of anilines is 3. The van der Waals surface area contributed by atoms with Gasteiger partial charge >= 0.3 is 18.5 Å². The van der Waals surface area contributed by atoms with Gasteiger partial charge in [0.1, 0.15) is 40.7 Å². The molecule has 1 saturated heterocycles. The number of methoxy groups -OCH3 is 1. The van der Waals surface area contributed by atoms with Crippen LogP contribution in [0.15, 0.2) is 140 Å². The van der Waals surface area contributed by atoms with E-state index in [0.717, 1.165) is 60.6 Å². The number of pyridine rings is 1. The summed E-state index contributed by atoms with van der Waals surface area (Å²) >= 11 is 6.14. The van der Waals surface area contributed by atoms with Crippen LogP contribution in [0, 0.1) is 0 Å². The van der Waals surface area contributed by atoms with Gasteiger partial charge in [-0.3, -0.25) is 9.20 Å². The van der Waals surface area contributed by atoms with Crippen LogP contribution in [-0.4, -0.2) is 57.8 Å². The highest BCUT2D eigenvalue weighted by Gasteiger charge is 2.32.